The number of aromatic nitrogens is 3. The molecule has 3 N–H and O–H groups in total. The maximum atomic E-state index is 5.90. The largest absolute Gasteiger partial charge is 0.339 e. The molecule has 3 rings (SSSR count). The molecule has 0 radical (unpaired) electrons. The number of nitrogens with two attached hydrogens (primary N) is 1. The molecule has 1 aliphatic rings. The lowest BCUT2D eigenvalue weighted by atomic mass is 10.1. The Hall–Kier alpha value is -1.40. The first-order valence-electron chi connectivity index (χ1n) is 6.24. The number of anilines is 1. The number of nitrogens with zero attached hydrogens (tertiary/aromatic N) is 3. The van der Waals surface area contributed by atoms with Gasteiger partial charge in [-0.05, 0) is 35.2 Å². The van der Waals surface area contributed by atoms with Crippen LogP contribution in [0.2, 0.25) is 0 Å². The average Bonchev–Trinajstić information content (AvgIpc) is 3.02. The Labute approximate surface area is 110 Å². The number of hydrogen-bond acceptors (Lipinski definition) is 5. The van der Waals surface area contributed by atoms with E-state index in [9.17, 15) is 0 Å². The first kappa shape index (κ1) is 11.7. The molecule has 0 atom stereocenters. The van der Waals surface area contributed by atoms with Crippen LogP contribution in [0.15, 0.2) is 16.8 Å². The van der Waals surface area contributed by atoms with Crippen molar-refractivity contribution in [2.45, 2.75) is 25.3 Å². The molecule has 0 unspecified atom stereocenters. The van der Waals surface area contributed by atoms with Gasteiger partial charge in [0, 0.05) is 25.6 Å². The maximum Gasteiger partial charge on any atom is 0.244 e. The molecule has 0 aliphatic carbocycles. The van der Waals surface area contributed by atoms with Gasteiger partial charge in [0.2, 0.25) is 5.95 Å². The number of rotatable bonds is 3. The van der Waals surface area contributed by atoms with Crippen molar-refractivity contribution in [3.05, 3.63) is 28.2 Å². The van der Waals surface area contributed by atoms with E-state index in [1.165, 1.54) is 5.56 Å². The van der Waals surface area contributed by atoms with Crippen molar-refractivity contribution >= 4 is 17.3 Å². The highest BCUT2D eigenvalue weighted by atomic mass is 32.1. The van der Waals surface area contributed by atoms with Crippen molar-refractivity contribution in [2.24, 2.45) is 5.73 Å². The van der Waals surface area contributed by atoms with Crippen LogP contribution in [0.1, 0.15) is 24.2 Å². The van der Waals surface area contributed by atoms with E-state index in [2.05, 4.69) is 36.9 Å². The Morgan fingerprint density at radius 1 is 1.44 bits per heavy atom. The molecule has 1 saturated heterocycles. The van der Waals surface area contributed by atoms with Crippen LogP contribution in [0.25, 0.3) is 0 Å². The predicted molar refractivity (Wildman–Crippen MR) is 72.9 cm³/mol. The van der Waals surface area contributed by atoms with Gasteiger partial charge in [-0.3, -0.25) is 5.10 Å². The van der Waals surface area contributed by atoms with E-state index in [4.69, 9.17) is 5.73 Å². The molecule has 1 aliphatic heterocycles. The normalized spacial score (nSPS) is 17.3. The molecular weight excluding hydrogens is 246 g/mol. The molecule has 5 nitrogen and oxygen atoms in total. The third kappa shape index (κ3) is 2.54. The van der Waals surface area contributed by atoms with Gasteiger partial charge in [-0.2, -0.15) is 16.3 Å². The summed E-state index contributed by atoms with van der Waals surface area (Å²) in [5, 5.41) is 11.5. The molecule has 0 saturated carbocycles. The molecule has 2 aromatic rings. The standard InChI is InChI=1S/C12H17N5S/c13-10-1-4-17(5-2-10)12-14-11(15-16-12)7-9-3-6-18-8-9/h3,6,8,10H,1-2,4-5,7,13H2,(H,14,15,16). The lowest BCUT2D eigenvalue weighted by molar-refractivity contribution is 0.496. The molecular formula is C12H17N5S. The Morgan fingerprint density at radius 2 is 2.28 bits per heavy atom. The molecule has 18 heavy (non-hydrogen) atoms. The summed E-state index contributed by atoms with van der Waals surface area (Å²) in [7, 11) is 0. The molecule has 0 bridgehead atoms. The second-order valence-corrected chi connectivity index (χ2v) is 5.49. The molecule has 2 aromatic heterocycles. The van der Waals surface area contributed by atoms with Crippen LogP contribution in [0.4, 0.5) is 5.95 Å². The third-order valence-electron chi connectivity index (χ3n) is 3.29. The Bertz CT molecular complexity index is 484. The molecule has 3 heterocycles. The fraction of sp³-hybridized carbons (Fsp3) is 0.500. The molecule has 0 aromatic carbocycles. The van der Waals surface area contributed by atoms with Gasteiger partial charge in [-0.1, -0.05) is 0 Å². The fourth-order valence-electron chi connectivity index (χ4n) is 2.19. The highest BCUT2D eigenvalue weighted by molar-refractivity contribution is 7.07. The van der Waals surface area contributed by atoms with Crippen LogP contribution in [-0.2, 0) is 6.42 Å². The van der Waals surface area contributed by atoms with E-state index < -0.39 is 0 Å². The van der Waals surface area contributed by atoms with Gasteiger partial charge in [-0.15, -0.1) is 5.10 Å². The monoisotopic (exact) mass is 263 g/mol. The zero-order valence-electron chi connectivity index (χ0n) is 10.2. The van der Waals surface area contributed by atoms with Gasteiger partial charge in [0.1, 0.15) is 5.82 Å². The summed E-state index contributed by atoms with van der Waals surface area (Å²) in [6.07, 6.45) is 2.87. The second kappa shape index (κ2) is 5.07. The SMILES string of the molecule is NC1CCN(c2n[nH]c(Cc3ccsc3)n2)CC1. The number of thiophene rings is 1. The summed E-state index contributed by atoms with van der Waals surface area (Å²) in [4.78, 5) is 6.76. The number of nitrogens with one attached hydrogen (secondary N) is 1. The van der Waals surface area contributed by atoms with Gasteiger partial charge in [0.15, 0.2) is 0 Å². The van der Waals surface area contributed by atoms with Gasteiger partial charge in [-0.25, -0.2) is 0 Å². The van der Waals surface area contributed by atoms with Crippen LogP contribution in [-0.4, -0.2) is 34.3 Å². The minimum absolute atomic E-state index is 0.338. The van der Waals surface area contributed by atoms with E-state index in [0.717, 1.165) is 44.1 Å². The smallest absolute Gasteiger partial charge is 0.244 e. The van der Waals surface area contributed by atoms with Crippen LogP contribution < -0.4 is 10.6 Å². The predicted octanol–water partition coefficient (Wildman–Crippen LogP) is 1.38. The first-order chi connectivity index (χ1) is 8.81. The molecule has 1 fully saturated rings. The Morgan fingerprint density at radius 3 is 3.00 bits per heavy atom. The highest BCUT2D eigenvalue weighted by Gasteiger charge is 2.19. The van der Waals surface area contributed by atoms with Gasteiger partial charge in [0.05, 0.1) is 0 Å². The van der Waals surface area contributed by atoms with Crippen molar-refractivity contribution < 1.29 is 0 Å². The van der Waals surface area contributed by atoms with E-state index in [1.807, 2.05) is 0 Å². The molecule has 0 amide bonds. The molecule has 6 heteroatoms. The third-order valence-corrected chi connectivity index (χ3v) is 4.03. The van der Waals surface area contributed by atoms with E-state index in [0.29, 0.717) is 6.04 Å². The number of H-pyrrole nitrogens is 1. The van der Waals surface area contributed by atoms with Gasteiger partial charge < -0.3 is 10.6 Å². The minimum atomic E-state index is 0.338. The average molecular weight is 263 g/mol. The van der Waals surface area contributed by atoms with Crippen LogP contribution in [0, 0.1) is 0 Å². The van der Waals surface area contributed by atoms with E-state index in [-0.39, 0.29) is 0 Å². The quantitative estimate of drug-likeness (QED) is 0.877. The lowest BCUT2D eigenvalue weighted by Gasteiger charge is -2.28. The van der Waals surface area contributed by atoms with Crippen LogP contribution in [0.3, 0.4) is 0 Å². The summed E-state index contributed by atoms with van der Waals surface area (Å²) in [6, 6.07) is 2.46. The number of aromatic amines is 1. The number of hydrogen-bond donors (Lipinski definition) is 2. The van der Waals surface area contributed by atoms with Crippen LogP contribution in [0.5, 0.6) is 0 Å². The zero-order chi connectivity index (χ0) is 12.4. The van der Waals surface area contributed by atoms with Crippen LogP contribution >= 0.6 is 11.3 Å². The van der Waals surface area contributed by atoms with Crippen molar-refractivity contribution in [1.82, 2.24) is 15.2 Å². The van der Waals surface area contributed by atoms with E-state index in [1.54, 1.807) is 11.3 Å². The summed E-state index contributed by atoms with van der Waals surface area (Å²) >= 11 is 1.71. The molecule has 0 spiro atoms. The van der Waals surface area contributed by atoms with Gasteiger partial charge in [0.25, 0.3) is 0 Å². The zero-order valence-corrected chi connectivity index (χ0v) is 11.0. The lowest BCUT2D eigenvalue weighted by Crippen LogP contribution is -2.40. The Kier molecular flexibility index (Phi) is 3.29. The summed E-state index contributed by atoms with van der Waals surface area (Å²) in [5.41, 5.74) is 7.18. The fourth-order valence-corrected chi connectivity index (χ4v) is 2.86. The highest BCUT2D eigenvalue weighted by Crippen LogP contribution is 2.16. The summed E-state index contributed by atoms with van der Waals surface area (Å²) < 4.78 is 0. The first-order valence-corrected chi connectivity index (χ1v) is 7.18. The summed E-state index contributed by atoms with van der Waals surface area (Å²) in [5.74, 6) is 1.74. The molecule has 96 valence electrons. The second-order valence-electron chi connectivity index (χ2n) is 4.71. The number of piperidine rings is 1. The topological polar surface area (TPSA) is 70.8 Å². The van der Waals surface area contributed by atoms with Crippen molar-refractivity contribution in [3.8, 4) is 0 Å². The maximum absolute atomic E-state index is 5.90. The van der Waals surface area contributed by atoms with Crippen molar-refractivity contribution in [2.75, 3.05) is 18.0 Å². The summed E-state index contributed by atoms with van der Waals surface area (Å²) in [6.45, 7) is 1.91. The van der Waals surface area contributed by atoms with E-state index >= 15 is 0 Å². The van der Waals surface area contributed by atoms with Crippen molar-refractivity contribution in [1.29, 1.82) is 0 Å². The Balaban J connectivity index is 1.66. The van der Waals surface area contributed by atoms with Crippen molar-refractivity contribution in [3.63, 3.8) is 0 Å². The minimum Gasteiger partial charge on any atom is -0.339 e. The van der Waals surface area contributed by atoms with Gasteiger partial charge >= 0.3 is 0 Å².